The van der Waals surface area contributed by atoms with Crippen molar-refractivity contribution >= 4 is 20.8 Å². The van der Waals surface area contributed by atoms with E-state index in [1.807, 2.05) is 0 Å². The normalized spacial score (nSPS) is 18.9. The lowest BCUT2D eigenvalue weighted by Crippen LogP contribution is -2.56. The molecule has 8 nitrogen and oxygen atoms in total. The van der Waals surface area contributed by atoms with Crippen LogP contribution >= 0.6 is 0 Å². The molecule has 1 saturated heterocycles. The molecule has 98 valence electrons. The van der Waals surface area contributed by atoms with E-state index in [2.05, 4.69) is 0 Å². The molecule has 1 atom stereocenters. The summed E-state index contributed by atoms with van der Waals surface area (Å²) < 4.78 is 19.9. The Labute approximate surface area is 99.4 Å². The van der Waals surface area contributed by atoms with Crippen LogP contribution in [0, 0.1) is 0 Å². The van der Waals surface area contributed by atoms with Gasteiger partial charge in [0.2, 0.25) is 0 Å². The Morgan fingerprint density at radius 3 is 2.12 bits per heavy atom. The summed E-state index contributed by atoms with van der Waals surface area (Å²) >= 11 is 0. The van der Waals surface area contributed by atoms with Gasteiger partial charge in [-0.15, -0.1) is 0 Å². The summed E-state index contributed by atoms with van der Waals surface area (Å²) in [5.41, 5.74) is 0. The number of carboxylic acid groups (broad SMARTS) is 1. The molecule has 0 saturated carbocycles. The third-order valence-corrected chi connectivity index (χ3v) is 4.96. The second-order valence-electron chi connectivity index (χ2n) is 3.32. The van der Waals surface area contributed by atoms with Gasteiger partial charge in [0.05, 0.1) is 6.61 Å². The zero-order chi connectivity index (χ0) is 13.1. The highest BCUT2D eigenvalue weighted by Crippen LogP contribution is 2.16. The molecule has 0 bridgehead atoms. The van der Waals surface area contributed by atoms with Crippen molar-refractivity contribution in [3.8, 4) is 0 Å². The van der Waals surface area contributed by atoms with Gasteiger partial charge in [-0.2, -0.15) is 0 Å². The van der Waals surface area contributed by atoms with Crippen LogP contribution in [0.4, 0.5) is 4.79 Å². The molecular formula is C8H15NO7Si. The SMILES string of the molecule is CO[Si](CN(C(=O)O)C(=O)C1CO1)(OC)OC. The Bertz CT molecular complexity index is 294. The van der Waals surface area contributed by atoms with Crippen LogP contribution in [0.2, 0.25) is 0 Å². The maximum atomic E-state index is 11.6. The summed E-state index contributed by atoms with van der Waals surface area (Å²) in [5.74, 6) is -0.625. The lowest BCUT2D eigenvalue weighted by Gasteiger charge is -2.28. The second kappa shape index (κ2) is 5.56. The topological polar surface area (TPSA) is 97.8 Å². The van der Waals surface area contributed by atoms with Gasteiger partial charge in [0.1, 0.15) is 6.17 Å². The Kier molecular flexibility index (Phi) is 4.59. The van der Waals surface area contributed by atoms with E-state index >= 15 is 0 Å². The lowest BCUT2D eigenvalue weighted by atomic mass is 10.4. The molecule has 0 aromatic rings. The molecule has 2 amide bonds. The standard InChI is InChI=1S/C8H15NO7Si/c1-13-17(14-2,15-3)5-9(8(11)12)7(10)6-4-16-6/h6H,4-5H2,1-3H3,(H,11,12). The predicted molar refractivity (Wildman–Crippen MR) is 56.3 cm³/mol. The fraction of sp³-hybridized carbons (Fsp3) is 0.750. The molecule has 17 heavy (non-hydrogen) atoms. The highest BCUT2D eigenvalue weighted by atomic mass is 28.4. The van der Waals surface area contributed by atoms with Crippen LogP contribution in [0.3, 0.4) is 0 Å². The number of hydrogen-bond donors (Lipinski definition) is 1. The van der Waals surface area contributed by atoms with Crippen molar-refractivity contribution in [3.05, 3.63) is 0 Å². The largest absolute Gasteiger partial charge is 0.521 e. The van der Waals surface area contributed by atoms with Crippen molar-refractivity contribution in [2.75, 3.05) is 34.1 Å². The molecule has 0 radical (unpaired) electrons. The van der Waals surface area contributed by atoms with Gasteiger partial charge in [-0.25, -0.2) is 9.69 Å². The third kappa shape index (κ3) is 3.23. The molecule has 0 aromatic carbocycles. The number of rotatable bonds is 6. The zero-order valence-corrected chi connectivity index (χ0v) is 10.8. The van der Waals surface area contributed by atoms with Crippen LogP contribution in [0.5, 0.6) is 0 Å². The van der Waals surface area contributed by atoms with E-state index in [-0.39, 0.29) is 12.8 Å². The zero-order valence-electron chi connectivity index (χ0n) is 9.84. The van der Waals surface area contributed by atoms with Crippen molar-refractivity contribution < 1.29 is 32.7 Å². The van der Waals surface area contributed by atoms with Crippen LogP contribution in [-0.4, -0.2) is 71.0 Å². The first-order valence-corrected chi connectivity index (χ1v) is 6.74. The highest BCUT2D eigenvalue weighted by Gasteiger charge is 2.47. The van der Waals surface area contributed by atoms with Gasteiger partial charge in [0, 0.05) is 21.3 Å². The van der Waals surface area contributed by atoms with Gasteiger partial charge >= 0.3 is 14.9 Å². The summed E-state index contributed by atoms with van der Waals surface area (Å²) in [4.78, 5) is 23.3. The minimum atomic E-state index is -3.16. The monoisotopic (exact) mass is 265 g/mol. The Morgan fingerprint density at radius 1 is 1.35 bits per heavy atom. The average Bonchev–Trinajstić information content (AvgIpc) is 3.14. The van der Waals surface area contributed by atoms with Crippen LogP contribution in [0.25, 0.3) is 0 Å². The molecule has 1 unspecified atom stereocenters. The van der Waals surface area contributed by atoms with Gasteiger partial charge in [-0.05, 0) is 0 Å². The lowest BCUT2D eigenvalue weighted by molar-refractivity contribution is -0.130. The van der Waals surface area contributed by atoms with Crippen molar-refractivity contribution in [2.24, 2.45) is 0 Å². The quantitative estimate of drug-likeness (QED) is 0.501. The Hall–Kier alpha value is -1.00. The number of hydrogen-bond acceptors (Lipinski definition) is 6. The maximum Gasteiger partial charge on any atom is 0.521 e. The predicted octanol–water partition coefficient (Wildman–Crippen LogP) is -0.691. The molecule has 1 rings (SSSR count). The van der Waals surface area contributed by atoms with Gasteiger partial charge in [-0.3, -0.25) is 4.79 Å². The van der Waals surface area contributed by atoms with Crippen molar-refractivity contribution in [1.29, 1.82) is 0 Å². The number of imide groups is 1. The summed E-state index contributed by atoms with van der Waals surface area (Å²) in [6, 6.07) is 0. The molecule has 1 fully saturated rings. The molecule has 9 heteroatoms. The number of carbonyl (C=O) groups excluding carboxylic acids is 1. The first-order chi connectivity index (χ1) is 7.99. The van der Waals surface area contributed by atoms with Crippen LogP contribution < -0.4 is 0 Å². The summed E-state index contributed by atoms with van der Waals surface area (Å²) in [6.07, 6.45) is -2.32. The van der Waals surface area contributed by atoms with E-state index < -0.39 is 26.9 Å². The fourth-order valence-electron chi connectivity index (χ4n) is 1.24. The Balaban J connectivity index is 2.77. The number of epoxide rings is 1. The molecule has 0 spiro atoms. The smallest absolute Gasteiger partial charge is 0.465 e. The summed E-state index contributed by atoms with van der Waals surface area (Å²) in [6.45, 7) is 0.240. The van der Waals surface area contributed by atoms with E-state index in [4.69, 9.17) is 23.1 Å². The van der Waals surface area contributed by atoms with E-state index in [1.54, 1.807) is 0 Å². The molecular weight excluding hydrogens is 250 g/mol. The number of carbonyl (C=O) groups is 2. The van der Waals surface area contributed by atoms with Crippen LogP contribution in [0.1, 0.15) is 0 Å². The first kappa shape index (κ1) is 14.1. The van der Waals surface area contributed by atoms with Crippen molar-refractivity contribution in [2.45, 2.75) is 6.10 Å². The third-order valence-electron chi connectivity index (χ3n) is 2.39. The fourth-order valence-corrected chi connectivity index (χ4v) is 2.81. The van der Waals surface area contributed by atoms with E-state index in [0.717, 1.165) is 0 Å². The van der Waals surface area contributed by atoms with Crippen LogP contribution in [-0.2, 0) is 22.8 Å². The molecule has 0 aromatic heterocycles. The minimum Gasteiger partial charge on any atom is -0.465 e. The molecule has 1 aliphatic heterocycles. The molecule has 1 aliphatic rings. The average molecular weight is 265 g/mol. The summed E-state index contributed by atoms with van der Waals surface area (Å²) in [7, 11) is 0.878. The minimum absolute atomic E-state index is 0.240. The van der Waals surface area contributed by atoms with Gasteiger partial charge < -0.3 is 23.1 Å². The van der Waals surface area contributed by atoms with E-state index in [1.165, 1.54) is 21.3 Å². The number of nitrogens with zero attached hydrogens (tertiary/aromatic N) is 1. The van der Waals surface area contributed by atoms with E-state index in [0.29, 0.717) is 4.90 Å². The second-order valence-corrected chi connectivity index (χ2v) is 6.23. The number of ether oxygens (including phenoxy) is 1. The number of amides is 2. The van der Waals surface area contributed by atoms with Crippen LogP contribution in [0.15, 0.2) is 0 Å². The first-order valence-electron chi connectivity index (χ1n) is 4.81. The van der Waals surface area contributed by atoms with Gasteiger partial charge in [0.15, 0.2) is 6.10 Å². The molecule has 1 N–H and O–H groups in total. The van der Waals surface area contributed by atoms with Crippen molar-refractivity contribution in [1.82, 2.24) is 4.90 Å². The molecule has 0 aliphatic carbocycles. The maximum absolute atomic E-state index is 11.6. The molecule has 1 heterocycles. The van der Waals surface area contributed by atoms with Crippen molar-refractivity contribution in [3.63, 3.8) is 0 Å². The Morgan fingerprint density at radius 2 is 1.82 bits per heavy atom. The van der Waals surface area contributed by atoms with Gasteiger partial charge in [0.25, 0.3) is 5.91 Å². The van der Waals surface area contributed by atoms with Gasteiger partial charge in [-0.1, -0.05) is 0 Å². The highest BCUT2D eigenvalue weighted by molar-refractivity contribution is 6.61. The van der Waals surface area contributed by atoms with E-state index in [9.17, 15) is 9.59 Å². The summed E-state index contributed by atoms with van der Waals surface area (Å²) in [5, 5.41) is 8.98.